The van der Waals surface area contributed by atoms with Crippen molar-refractivity contribution < 1.29 is 35.9 Å². The number of carboxylic acids is 1. The lowest BCUT2D eigenvalue weighted by atomic mass is 10.1. The first kappa shape index (κ1) is 22.3. The number of sulfonamides is 1. The van der Waals surface area contributed by atoms with Crippen molar-refractivity contribution in [2.45, 2.75) is 18.0 Å². The molecule has 0 saturated heterocycles. The van der Waals surface area contributed by atoms with Gasteiger partial charge in [0.05, 0.1) is 21.7 Å². The fraction of sp³-hybridized carbons (Fsp3) is 0.0909. The molecular weight excluding hydrogens is 461 g/mol. The van der Waals surface area contributed by atoms with E-state index in [1.807, 2.05) is 0 Å². The summed E-state index contributed by atoms with van der Waals surface area (Å²) in [7, 11) is -4.10. The van der Waals surface area contributed by atoms with Crippen LogP contribution in [0.4, 0.5) is 18.9 Å². The van der Waals surface area contributed by atoms with Crippen LogP contribution in [-0.4, -0.2) is 24.5 Å². The largest absolute Gasteiger partial charge is 0.478 e. The molecule has 0 atom stereocenters. The molecular formula is C22H15F3N2O5S. The molecule has 4 aromatic rings. The van der Waals surface area contributed by atoms with Gasteiger partial charge in [-0.25, -0.2) is 18.2 Å². The quantitative estimate of drug-likeness (QED) is 0.403. The van der Waals surface area contributed by atoms with Gasteiger partial charge in [-0.05, 0) is 67.1 Å². The number of alkyl halides is 3. The molecule has 3 aromatic carbocycles. The van der Waals surface area contributed by atoms with Gasteiger partial charge in [-0.3, -0.25) is 4.72 Å². The standard InChI is InChI=1S/C22H15F3N2O5S/c1-12-2-8-16(11-17(12)21(28)29)33(30,31)27-15-7-9-19-18(10-15)26-20(32-19)13-3-5-14(6-4-13)22(23,24)25/h2-11,27H,1H3,(H,28,29). The van der Waals surface area contributed by atoms with E-state index in [0.717, 1.165) is 18.2 Å². The normalized spacial score (nSPS) is 12.1. The highest BCUT2D eigenvalue weighted by atomic mass is 32.2. The number of aryl methyl sites for hydroxylation is 1. The first-order valence-corrected chi connectivity index (χ1v) is 10.9. The number of nitrogens with one attached hydrogen (secondary N) is 1. The second-order valence-electron chi connectivity index (χ2n) is 7.16. The first-order valence-electron chi connectivity index (χ1n) is 9.39. The molecule has 0 spiro atoms. The Morgan fingerprint density at radius 1 is 1.03 bits per heavy atom. The highest BCUT2D eigenvalue weighted by Crippen LogP contribution is 2.32. The number of benzene rings is 3. The summed E-state index contributed by atoms with van der Waals surface area (Å²) >= 11 is 0. The fourth-order valence-electron chi connectivity index (χ4n) is 3.13. The van der Waals surface area contributed by atoms with Crippen LogP contribution in [0.5, 0.6) is 0 Å². The van der Waals surface area contributed by atoms with Crippen LogP contribution in [0.25, 0.3) is 22.6 Å². The summed E-state index contributed by atoms with van der Waals surface area (Å²) in [6.45, 7) is 1.56. The van der Waals surface area contributed by atoms with Gasteiger partial charge in [0.1, 0.15) is 5.52 Å². The molecule has 33 heavy (non-hydrogen) atoms. The average molecular weight is 476 g/mol. The van der Waals surface area contributed by atoms with E-state index >= 15 is 0 Å². The zero-order valence-electron chi connectivity index (χ0n) is 16.8. The molecule has 0 aliphatic rings. The lowest BCUT2D eigenvalue weighted by Gasteiger charge is -2.09. The van der Waals surface area contributed by atoms with Gasteiger partial charge in [-0.15, -0.1) is 0 Å². The topological polar surface area (TPSA) is 110 Å². The molecule has 0 bridgehead atoms. The number of hydrogen-bond acceptors (Lipinski definition) is 5. The minimum Gasteiger partial charge on any atom is -0.478 e. The first-order chi connectivity index (χ1) is 15.4. The molecule has 0 radical (unpaired) electrons. The average Bonchev–Trinajstić information content (AvgIpc) is 3.16. The van der Waals surface area contributed by atoms with Crippen molar-refractivity contribution in [2.75, 3.05) is 4.72 Å². The van der Waals surface area contributed by atoms with Crippen molar-refractivity contribution in [3.05, 3.63) is 77.4 Å². The van der Waals surface area contributed by atoms with Crippen molar-refractivity contribution >= 4 is 32.8 Å². The second kappa shape index (κ2) is 7.93. The summed E-state index contributed by atoms with van der Waals surface area (Å²) in [6.07, 6.45) is -4.46. The molecule has 0 aliphatic heterocycles. The predicted molar refractivity (Wildman–Crippen MR) is 113 cm³/mol. The second-order valence-corrected chi connectivity index (χ2v) is 8.85. The molecule has 0 unspecified atom stereocenters. The minimum absolute atomic E-state index is 0.0726. The lowest BCUT2D eigenvalue weighted by molar-refractivity contribution is -0.137. The Morgan fingerprint density at radius 2 is 1.73 bits per heavy atom. The molecule has 11 heteroatoms. The van der Waals surface area contributed by atoms with Crippen LogP contribution in [0, 0.1) is 6.92 Å². The smallest absolute Gasteiger partial charge is 0.416 e. The van der Waals surface area contributed by atoms with E-state index in [2.05, 4.69) is 9.71 Å². The number of nitrogens with zero attached hydrogens (tertiary/aromatic N) is 1. The lowest BCUT2D eigenvalue weighted by Crippen LogP contribution is -2.14. The zero-order valence-corrected chi connectivity index (χ0v) is 17.7. The summed E-state index contributed by atoms with van der Waals surface area (Å²) in [5.74, 6) is -1.17. The third-order valence-corrected chi connectivity index (χ3v) is 6.23. The maximum Gasteiger partial charge on any atom is 0.416 e. The third kappa shape index (κ3) is 4.53. The Balaban J connectivity index is 1.63. The number of oxazole rings is 1. The number of fused-ring (bicyclic) bond motifs is 1. The number of carboxylic acid groups (broad SMARTS) is 1. The molecule has 4 rings (SSSR count). The van der Waals surface area contributed by atoms with Crippen LogP contribution in [0.1, 0.15) is 21.5 Å². The fourth-order valence-corrected chi connectivity index (χ4v) is 4.20. The van der Waals surface area contributed by atoms with Crippen LogP contribution in [0.2, 0.25) is 0 Å². The zero-order chi connectivity index (χ0) is 24.0. The van der Waals surface area contributed by atoms with Crippen LogP contribution < -0.4 is 4.72 Å². The number of carbonyl (C=O) groups is 1. The number of halogens is 3. The maximum atomic E-state index is 12.7. The highest BCUT2D eigenvalue weighted by Gasteiger charge is 2.30. The van der Waals surface area contributed by atoms with Gasteiger partial charge < -0.3 is 9.52 Å². The highest BCUT2D eigenvalue weighted by molar-refractivity contribution is 7.92. The summed E-state index contributed by atoms with van der Waals surface area (Å²) in [6, 6.07) is 12.3. The van der Waals surface area contributed by atoms with Gasteiger partial charge in [0.15, 0.2) is 5.58 Å². The monoisotopic (exact) mass is 476 g/mol. The summed E-state index contributed by atoms with van der Waals surface area (Å²) in [5, 5.41) is 9.23. The Hall–Kier alpha value is -3.86. The van der Waals surface area contributed by atoms with Crippen LogP contribution in [0.15, 0.2) is 70.0 Å². The summed E-state index contributed by atoms with van der Waals surface area (Å²) < 4.78 is 71.6. The Kier molecular flexibility index (Phi) is 5.36. The van der Waals surface area contributed by atoms with Crippen LogP contribution in [-0.2, 0) is 16.2 Å². The van der Waals surface area contributed by atoms with Gasteiger partial charge >= 0.3 is 12.1 Å². The summed E-state index contributed by atoms with van der Waals surface area (Å²) in [4.78, 5) is 15.3. The van der Waals surface area contributed by atoms with Crippen molar-refractivity contribution in [3.8, 4) is 11.5 Å². The number of hydrogen-bond donors (Lipinski definition) is 2. The molecule has 0 fully saturated rings. The molecule has 2 N–H and O–H groups in total. The van der Waals surface area contributed by atoms with Gasteiger partial charge in [0.2, 0.25) is 5.89 Å². The van der Waals surface area contributed by atoms with Crippen LogP contribution >= 0.6 is 0 Å². The van der Waals surface area contributed by atoms with E-state index in [1.165, 1.54) is 42.5 Å². The van der Waals surface area contributed by atoms with E-state index in [1.54, 1.807) is 6.92 Å². The van der Waals surface area contributed by atoms with E-state index in [0.29, 0.717) is 16.7 Å². The van der Waals surface area contributed by atoms with Gasteiger partial charge in [0.25, 0.3) is 10.0 Å². The van der Waals surface area contributed by atoms with E-state index in [4.69, 9.17) is 4.42 Å². The maximum absolute atomic E-state index is 12.7. The number of aromatic carboxylic acids is 1. The van der Waals surface area contributed by atoms with Crippen LogP contribution in [0.3, 0.4) is 0 Å². The van der Waals surface area contributed by atoms with E-state index < -0.39 is 27.7 Å². The van der Waals surface area contributed by atoms with E-state index in [9.17, 15) is 31.5 Å². The molecule has 170 valence electrons. The van der Waals surface area contributed by atoms with Crippen molar-refractivity contribution in [1.82, 2.24) is 4.98 Å². The predicted octanol–water partition coefficient (Wildman–Crippen LogP) is 5.32. The Morgan fingerprint density at radius 3 is 2.36 bits per heavy atom. The third-order valence-electron chi connectivity index (χ3n) is 4.85. The molecule has 1 aromatic heterocycles. The number of aromatic nitrogens is 1. The Bertz CT molecular complexity index is 1480. The molecule has 0 saturated carbocycles. The number of rotatable bonds is 5. The van der Waals surface area contributed by atoms with Crippen molar-refractivity contribution in [1.29, 1.82) is 0 Å². The SMILES string of the molecule is Cc1ccc(S(=O)(=O)Nc2ccc3oc(-c4ccc(C(F)(F)F)cc4)nc3c2)cc1C(=O)O. The van der Waals surface area contributed by atoms with Crippen molar-refractivity contribution in [2.24, 2.45) is 0 Å². The summed E-state index contributed by atoms with van der Waals surface area (Å²) in [5.41, 5.74) is 0.527. The van der Waals surface area contributed by atoms with Crippen molar-refractivity contribution in [3.63, 3.8) is 0 Å². The van der Waals surface area contributed by atoms with Gasteiger partial charge in [-0.1, -0.05) is 6.07 Å². The molecule has 1 heterocycles. The number of anilines is 1. The Labute approximate surface area is 185 Å². The molecule has 0 aliphatic carbocycles. The molecule has 7 nitrogen and oxygen atoms in total. The van der Waals surface area contributed by atoms with Gasteiger partial charge in [-0.2, -0.15) is 13.2 Å². The van der Waals surface area contributed by atoms with E-state index in [-0.39, 0.29) is 27.6 Å². The molecule has 0 amide bonds. The van der Waals surface area contributed by atoms with Gasteiger partial charge in [0, 0.05) is 5.56 Å². The minimum atomic E-state index is -4.46.